The minimum atomic E-state index is -0.903. The highest BCUT2D eigenvalue weighted by Gasteiger charge is 2.26. The molecule has 0 heterocycles. The van der Waals surface area contributed by atoms with Gasteiger partial charge in [-0.3, -0.25) is 19.7 Å². The van der Waals surface area contributed by atoms with Crippen LogP contribution in [0.25, 0.3) is 0 Å². The lowest BCUT2D eigenvalue weighted by molar-refractivity contribution is -0.384. The molecule has 0 spiro atoms. The summed E-state index contributed by atoms with van der Waals surface area (Å²) in [6.45, 7) is 1.52. The molecule has 7 nitrogen and oxygen atoms in total. The summed E-state index contributed by atoms with van der Waals surface area (Å²) >= 11 is 0. The maximum atomic E-state index is 12.0. The first-order valence-electron chi connectivity index (χ1n) is 7.73. The standard InChI is InChI=1S/C16H20N2O5/c1-11(23-16(20)12-5-3-2-4-6-12)15(19)17-13-7-9-14(10-8-13)18(21)22/h7-12H,2-6H2,1H3,(H,17,19). The van der Waals surface area contributed by atoms with Gasteiger partial charge in [0.15, 0.2) is 6.10 Å². The first-order valence-corrected chi connectivity index (χ1v) is 7.73. The average molecular weight is 320 g/mol. The first kappa shape index (κ1) is 16.9. The smallest absolute Gasteiger partial charge is 0.309 e. The van der Waals surface area contributed by atoms with Gasteiger partial charge in [0, 0.05) is 17.8 Å². The predicted octanol–water partition coefficient (Wildman–Crippen LogP) is 3.05. The topological polar surface area (TPSA) is 98.5 Å². The van der Waals surface area contributed by atoms with E-state index in [-0.39, 0.29) is 17.6 Å². The van der Waals surface area contributed by atoms with Crippen molar-refractivity contribution in [2.45, 2.75) is 45.1 Å². The Balaban J connectivity index is 1.86. The zero-order chi connectivity index (χ0) is 16.8. The lowest BCUT2D eigenvalue weighted by Crippen LogP contribution is -2.32. The third kappa shape index (κ3) is 4.77. The molecule has 1 aliphatic rings. The summed E-state index contributed by atoms with van der Waals surface area (Å²) in [6, 6.07) is 5.47. The van der Waals surface area contributed by atoms with Crippen molar-refractivity contribution in [2.75, 3.05) is 5.32 Å². The number of anilines is 1. The highest BCUT2D eigenvalue weighted by atomic mass is 16.6. The third-order valence-corrected chi connectivity index (χ3v) is 3.95. The fourth-order valence-electron chi connectivity index (χ4n) is 2.57. The van der Waals surface area contributed by atoms with Crippen LogP contribution in [0.3, 0.4) is 0 Å². The molecule has 1 unspecified atom stereocenters. The van der Waals surface area contributed by atoms with Crippen LogP contribution in [0.2, 0.25) is 0 Å². The number of nitro groups is 1. The average Bonchev–Trinajstić information content (AvgIpc) is 2.56. The van der Waals surface area contributed by atoms with Gasteiger partial charge in [-0.25, -0.2) is 0 Å². The van der Waals surface area contributed by atoms with Crippen LogP contribution in [0.1, 0.15) is 39.0 Å². The van der Waals surface area contributed by atoms with Crippen molar-refractivity contribution >= 4 is 23.3 Å². The Hall–Kier alpha value is -2.44. The molecule has 1 fully saturated rings. The molecule has 2 rings (SSSR count). The Morgan fingerprint density at radius 3 is 2.39 bits per heavy atom. The summed E-state index contributed by atoms with van der Waals surface area (Å²) in [6.07, 6.45) is 3.90. The summed E-state index contributed by atoms with van der Waals surface area (Å²) in [4.78, 5) is 34.1. The van der Waals surface area contributed by atoms with E-state index in [1.165, 1.54) is 31.2 Å². The molecule has 1 amide bonds. The Morgan fingerprint density at radius 1 is 1.22 bits per heavy atom. The van der Waals surface area contributed by atoms with E-state index in [0.717, 1.165) is 32.1 Å². The van der Waals surface area contributed by atoms with Crippen LogP contribution in [0, 0.1) is 16.0 Å². The minimum absolute atomic E-state index is 0.0558. The van der Waals surface area contributed by atoms with E-state index in [1.807, 2.05) is 0 Å². The van der Waals surface area contributed by atoms with E-state index >= 15 is 0 Å². The molecule has 1 atom stereocenters. The van der Waals surface area contributed by atoms with Crippen molar-refractivity contribution in [1.82, 2.24) is 0 Å². The molecule has 7 heteroatoms. The van der Waals surface area contributed by atoms with Gasteiger partial charge < -0.3 is 10.1 Å². The fraction of sp³-hybridized carbons (Fsp3) is 0.500. The molecule has 1 N–H and O–H groups in total. The van der Waals surface area contributed by atoms with Gasteiger partial charge in [-0.1, -0.05) is 19.3 Å². The van der Waals surface area contributed by atoms with Crippen LogP contribution in [0.4, 0.5) is 11.4 Å². The number of carbonyl (C=O) groups excluding carboxylic acids is 2. The zero-order valence-corrected chi connectivity index (χ0v) is 13.0. The second-order valence-corrected chi connectivity index (χ2v) is 5.71. The summed E-state index contributed by atoms with van der Waals surface area (Å²) in [5, 5.41) is 13.2. The Kier molecular flexibility index (Phi) is 5.67. The number of benzene rings is 1. The molecule has 1 aromatic rings. The normalized spacial score (nSPS) is 16.4. The second-order valence-electron chi connectivity index (χ2n) is 5.71. The monoisotopic (exact) mass is 320 g/mol. The number of ether oxygens (including phenoxy) is 1. The zero-order valence-electron chi connectivity index (χ0n) is 13.0. The molecular formula is C16H20N2O5. The Bertz CT molecular complexity index is 579. The molecule has 1 saturated carbocycles. The summed E-state index contributed by atoms with van der Waals surface area (Å²) in [7, 11) is 0. The van der Waals surface area contributed by atoms with E-state index in [2.05, 4.69) is 5.32 Å². The molecule has 0 aliphatic heterocycles. The predicted molar refractivity (Wildman–Crippen MR) is 83.9 cm³/mol. The summed E-state index contributed by atoms with van der Waals surface area (Å²) in [5.74, 6) is -0.891. The van der Waals surface area contributed by atoms with Crippen molar-refractivity contribution in [3.63, 3.8) is 0 Å². The molecule has 0 saturated heterocycles. The number of amides is 1. The highest BCUT2D eigenvalue weighted by molar-refractivity contribution is 5.95. The van der Waals surface area contributed by atoms with E-state index < -0.39 is 16.9 Å². The molecule has 23 heavy (non-hydrogen) atoms. The number of carbonyl (C=O) groups is 2. The van der Waals surface area contributed by atoms with Crippen molar-refractivity contribution < 1.29 is 19.2 Å². The number of hydrogen-bond donors (Lipinski definition) is 1. The van der Waals surface area contributed by atoms with Crippen molar-refractivity contribution in [1.29, 1.82) is 0 Å². The molecule has 124 valence electrons. The van der Waals surface area contributed by atoms with Gasteiger partial charge in [0.2, 0.25) is 0 Å². The van der Waals surface area contributed by atoms with Gasteiger partial charge in [-0.15, -0.1) is 0 Å². The van der Waals surface area contributed by atoms with E-state index in [0.29, 0.717) is 5.69 Å². The van der Waals surface area contributed by atoms with Crippen LogP contribution in [0.5, 0.6) is 0 Å². The van der Waals surface area contributed by atoms with Crippen molar-refractivity contribution in [3.05, 3.63) is 34.4 Å². The largest absolute Gasteiger partial charge is 0.452 e. The molecule has 1 aliphatic carbocycles. The molecule has 1 aromatic carbocycles. The summed E-state index contributed by atoms with van der Waals surface area (Å²) in [5.41, 5.74) is 0.362. The number of rotatable bonds is 5. The van der Waals surface area contributed by atoms with Gasteiger partial charge in [-0.2, -0.15) is 0 Å². The first-order chi connectivity index (χ1) is 11.0. The van der Waals surface area contributed by atoms with Crippen LogP contribution in [-0.4, -0.2) is 22.9 Å². The number of hydrogen-bond acceptors (Lipinski definition) is 5. The molecular weight excluding hydrogens is 300 g/mol. The maximum Gasteiger partial charge on any atom is 0.309 e. The van der Waals surface area contributed by atoms with Crippen LogP contribution >= 0.6 is 0 Å². The minimum Gasteiger partial charge on any atom is -0.452 e. The SMILES string of the molecule is CC(OC(=O)C1CCCCC1)C(=O)Nc1ccc([N+](=O)[O-])cc1. The van der Waals surface area contributed by atoms with Crippen molar-refractivity contribution in [3.8, 4) is 0 Å². The van der Waals surface area contributed by atoms with Gasteiger partial charge in [0.1, 0.15) is 0 Å². The molecule has 0 bridgehead atoms. The van der Waals surface area contributed by atoms with Gasteiger partial charge >= 0.3 is 5.97 Å². The second kappa shape index (κ2) is 7.71. The van der Waals surface area contributed by atoms with Crippen LogP contribution in [-0.2, 0) is 14.3 Å². The molecule has 0 aromatic heterocycles. The number of nitrogens with zero attached hydrogens (tertiary/aromatic N) is 1. The van der Waals surface area contributed by atoms with E-state index in [9.17, 15) is 19.7 Å². The number of nitrogens with one attached hydrogen (secondary N) is 1. The highest BCUT2D eigenvalue weighted by Crippen LogP contribution is 2.25. The number of esters is 1. The van der Waals surface area contributed by atoms with Gasteiger partial charge in [0.05, 0.1) is 10.8 Å². The van der Waals surface area contributed by atoms with Gasteiger partial charge in [0.25, 0.3) is 11.6 Å². The van der Waals surface area contributed by atoms with Crippen molar-refractivity contribution in [2.24, 2.45) is 5.92 Å². The number of non-ortho nitro benzene ring substituents is 1. The van der Waals surface area contributed by atoms with Gasteiger partial charge in [-0.05, 0) is 31.9 Å². The lowest BCUT2D eigenvalue weighted by Gasteiger charge is -2.22. The number of nitro benzene ring substituents is 1. The maximum absolute atomic E-state index is 12.0. The Labute approximate surface area is 134 Å². The lowest BCUT2D eigenvalue weighted by atomic mass is 9.89. The van der Waals surface area contributed by atoms with Crippen LogP contribution < -0.4 is 5.32 Å². The quantitative estimate of drug-likeness (QED) is 0.511. The third-order valence-electron chi connectivity index (χ3n) is 3.95. The Morgan fingerprint density at radius 2 is 1.83 bits per heavy atom. The molecule has 0 radical (unpaired) electrons. The van der Waals surface area contributed by atoms with E-state index in [4.69, 9.17) is 4.74 Å². The van der Waals surface area contributed by atoms with Crippen LogP contribution in [0.15, 0.2) is 24.3 Å². The fourth-order valence-corrected chi connectivity index (χ4v) is 2.57. The summed E-state index contributed by atoms with van der Waals surface area (Å²) < 4.78 is 5.23. The van der Waals surface area contributed by atoms with E-state index in [1.54, 1.807) is 0 Å².